The zero-order chi connectivity index (χ0) is 10.5. The maximum atomic E-state index is 5.96. The third-order valence-electron chi connectivity index (χ3n) is 2.58. The Balaban J connectivity index is 1.77. The molecule has 0 saturated heterocycles. The second-order valence-electron chi connectivity index (χ2n) is 3.71. The van der Waals surface area contributed by atoms with Crippen LogP contribution in [0, 0.1) is 5.92 Å². The quantitative estimate of drug-likeness (QED) is 0.564. The lowest BCUT2D eigenvalue weighted by Crippen LogP contribution is -2.11. The van der Waals surface area contributed by atoms with Gasteiger partial charge in [-0.05, 0) is 18.9 Å². The van der Waals surface area contributed by atoms with E-state index in [-0.39, 0.29) is 0 Å². The summed E-state index contributed by atoms with van der Waals surface area (Å²) in [6.45, 7) is 0.416. The molecule has 3 heteroatoms. The molecular formula is C12H13ClNO. The third-order valence-corrected chi connectivity index (χ3v) is 2.95. The van der Waals surface area contributed by atoms with Crippen LogP contribution in [-0.2, 0) is 11.4 Å². The van der Waals surface area contributed by atoms with Crippen molar-refractivity contribution in [1.82, 2.24) is 0 Å². The first-order valence-electron chi connectivity index (χ1n) is 5.17. The molecule has 1 fully saturated rings. The highest BCUT2D eigenvalue weighted by atomic mass is 35.5. The molecule has 1 aromatic carbocycles. The highest BCUT2D eigenvalue weighted by Crippen LogP contribution is 2.24. The van der Waals surface area contributed by atoms with Crippen molar-refractivity contribution in [1.29, 1.82) is 0 Å². The molecule has 0 atom stereocenters. The van der Waals surface area contributed by atoms with Crippen molar-refractivity contribution in [2.75, 3.05) is 0 Å². The second kappa shape index (κ2) is 5.17. The Labute approximate surface area is 94.9 Å². The normalized spacial score (nSPS) is 16.6. The zero-order valence-electron chi connectivity index (χ0n) is 8.45. The minimum atomic E-state index is 0.416. The molecule has 0 spiro atoms. The molecule has 0 aliphatic heterocycles. The number of hydrogen-bond donors (Lipinski definition) is 0. The number of rotatable bonds is 4. The van der Waals surface area contributed by atoms with Crippen LogP contribution in [0.15, 0.2) is 29.4 Å². The van der Waals surface area contributed by atoms with Gasteiger partial charge in [0.15, 0.2) is 0 Å². The summed E-state index contributed by atoms with van der Waals surface area (Å²) in [7, 11) is 0. The van der Waals surface area contributed by atoms with Crippen molar-refractivity contribution in [2.24, 2.45) is 11.1 Å². The second-order valence-corrected chi connectivity index (χ2v) is 4.12. The molecule has 1 aromatic rings. The van der Waals surface area contributed by atoms with Gasteiger partial charge in [0.05, 0.1) is 0 Å². The van der Waals surface area contributed by atoms with Crippen LogP contribution >= 0.6 is 11.6 Å². The fourth-order valence-corrected chi connectivity index (χ4v) is 1.56. The molecule has 1 saturated carbocycles. The lowest BCUT2D eigenvalue weighted by molar-refractivity contribution is 0.129. The average molecular weight is 223 g/mol. The molecule has 15 heavy (non-hydrogen) atoms. The van der Waals surface area contributed by atoms with Gasteiger partial charge < -0.3 is 4.84 Å². The molecule has 0 amide bonds. The molecule has 1 aliphatic carbocycles. The van der Waals surface area contributed by atoms with E-state index in [1.54, 1.807) is 0 Å². The van der Waals surface area contributed by atoms with Crippen molar-refractivity contribution in [2.45, 2.75) is 25.9 Å². The third kappa shape index (κ3) is 2.96. The van der Waals surface area contributed by atoms with Gasteiger partial charge in [-0.15, -0.1) is 0 Å². The van der Waals surface area contributed by atoms with E-state index in [2.05, 4.69) is 11.4 Å². The topological polar surface area (TPSA) is 21.6 Å². The molecule has 79 valence electrons. The van der Waals surface area contributed by atoms with Crippen molar-refractivity contribution >= 4 is 17.8 Å². The minimum Gasteiger partial charge on any atom is -0.391 e. The maximum Gasteiger partial charge on any atom is 0.143 e. The van der Waals surface area contributed by atoms with Crippen LogP contribution in [0.25, 0.3) is 0 Å². The number of benzene rings is 1. The van der Waals surface area contributed by atoms with Crippen molar-refractivity contribution in [3.63, 3.8) is 0 Å². The van der Waals surface area contributed by atoms with Crippen LogP contribution in [0.4, 0.5) is 0 Å². The Bertz CT molecular complexity index is 347. The first-order chi connectivity index (χ1) is 7.36. The van der Waals surface area contributed by atoms with Gasteiger partial charge >= 0.3 is 0 Å². The smallest absolute Gasteiger partial charge is 0.143 e. The van der Waals surface area contributed by atoms with Crippen molar-refractivity contribution < 1.29 is 4.84 Å². The summed E-state index contributed by atoms with van der Waals surface area (Å²) in [4.78, 5) is 5.14. The van der Waals surface area contributed by atoms with E-state index in [1.165, 1.54) is 19.3 Å². The lowest BCUT2D eigenvalue weighted by atomic mass is 9.87. The summed E-state index contributed by atoms with van der Waals surface area (Å²) in [5.41, 5.74) is 0.957. The van der Waals surface area contributed by atoms with E-state index in [9.17, 15) is 0 Å². The number of hydrogen-bond acceptors (Lipinski definition) is 2. The Morgan fingerprint density at radius 2 is 2.20 bits per heavy atom. The summed E-state index contributed by atoms with van der Waals surface area (Å²) >= 11 is 5.96. The van der Waals surface area contributed by atoms with Crippen LogP contribution in [0.1, 0.15) is 24.8 Å². The molecular weight excluding hydrogens is 210 g/mol. The van der Waals surface area contributed by atoms with Gasteiger partial charge in [-0.2, -0.15) is 0 Å². The number of halogens is 1. The predicted molar refractivity (Wildman–Crippen MR) is 61.0 cm³/mol. The van der Waals surface area contributed by atoms with Crippen molar-refractivity contribution in [3.05, 3.63) is 34.9 Å². The Morgan fingerprint density at radius 1 is 1.40 bits per heavy atom. The van der Waals surface area contributed by atoms with Crippen LogP contribution in [0.3, 0.4) is 0 Å². The van der Waals surface area contributed by atoms with Crippen LogP contribution < -0.4 is 0 Å². The molecule has 0 unspecified atom stereocenters. The monoisotopic (exact) mass is 222 g/mol. The van der Waals surface area contributed by atoms with E-state index in [0.29, 0.717) is 12.5 Å². The Hall–Kier alpha value is -1.02. The largest absolute Gasteiger partial charge is 0.391 e. The molecule has 2 nitrogen and oxygen atoms in total. The summed E-state index contributed by atoms with van der Waals surface area (Å²) in [6.07, 6.45) is 6.64. The van der Waals surface area contributed by atoms with Crippen LogP contribution in [0.2, 0.25) is 5.02 Å². The predicted octanol–water partition coefficient (Wildman–Crippen LogP) is 3.52. The summed E-state index contributed by atoms with van der Waals surface area (Å²) in [6, 6.07) is 7.61. The van der Waals surface area contributed by atoms with Crippen molar-refractivity contribution in [3.8, 4) is 0 Å². The molecule has 2 rings (SSSR count). The highest BCUT2D eigenvalue weighted by molar-refractivity contribution is 6.31. The SMILES string of the molecule is Clc1ccccc1CO/N=[C]\C1CCC1. The van der Waals surface area contributed by atoms with E-state index in [1.807, 2.05) is 24.3 Å². The van der Waals surface area contributed by atoms with Gasteiger partial charge in [0, 0.05) is 16.5 Å². The van der Waals surface area contributed by atoms with Gasteiger partial charge in [0.2, 0.25) is 0 Å². The number of nitrogens with zero attached hydrogens (tertiary/aromatic N) is 1. The molecule has 1 radical (unpaired) electrons. The van der Waals surface area contributed by atoms with E-state index >= 15 is 0 Å². The standard InChI is InChI=1S/C12H13ClNO/c13-12-7-2-1-6-11(12)9-15-14-8-10-4-3-5-10/h1-2,6-7,10H,3-5,9H2. The minimum absolute atomic E-state index is 0.416. The molecule has 0 N–H and O–H groups in total. The lowest BCUT2D eigenvalue weighted by Gasteiger charge is -2.18. The fourth-order valence-electron chi connectivity index (χ4n) is 1.37. The van der Waals surface area contributed by atoms with Gasteiger partial charge in [-0.3, -0.25) is 0 Å². The van der Waals surface area contributed by atoms with E-state index in [4.69, 9.17) is 16.4 Å². The van der Waals surface area contributed by atoms with Gasteiger partial charge in [0.1, 0.15) is 12.8 Å². The van der Waals surface area contributed by atoms with Crippen LogP contribution in [-0.4, -0.2) is 6.21 Å². The average Bonchev–Trinajstić information content (AvgIpc) is 2.17. The first-order valence-corrected chi connectivity index (χ1v) is 5.55. The van der Waals surface area contributed by atoms with Gasteiger partial charge in [-0.1, -0.05) is 41.4 Å². The fraction of sp³-hybridized carbons (Fsp3) is 0.417. The van der Waals surface area contributed by atoms with Crippen LogP contribution in [0.5, 0.6) is 0 Å². The van der Waals surface area contributed by atoms with Gasteiger partial charge in [-0.25, -0.2) is 0 Å². The zero-order valence-corrected chi connectivity index (χ0v) is 9.20. The highest BCUT2D eigenvalue weighted by Gasteiger charge is 2.15. The first kappa shape index (κ1) is 10.5. The summed E-state index contributed by atoms with van der Waals surface area (Å²) in [5, 5.41) is 4.54. The van der Waals surface area contributed by atoms with E-state index < -0.39 is 0 Å². The molecule has 1 aliphatic rings. The van der Waals surface area contributed by atoms with E-state index in [0.717, 1.165) is 10.6 Å². The Kier molecular flexibility index (Phi) is 3.62. The Morgan fingerprint density at radius 3 is 2.87 bits per heavy atom. The summed E-state index contributed by atoms with van der Waals surface area (Å²) < 4.78 is 0. The maximum absolute atomic E-state index is 5.96. The van der Waals surface area contributed by atoms with Gasteiger partial charge in [0.25, 0.3) is 0 Å². The molecule has 0 bridgehead atoms. The molecule has 0 aromatic heterocycles. The molecule has 0 heterocycles. The summed E-state index contributed by atoms with van der Waals surface area (Å²) in [5.74, 6) is 0.510.